The van der Waals surface area contributed by atoms with Gasteiger partial charge in [0.25, 0.3) is 0 Å². The summed E-state index contributed by atoms with van der Waals surface area (Å²) in [6, 6.07) is 0. The van der Waals surface area contributed by atoms with Crippen LogP contribution in [0.3, 0.4) is 0 Å². The van der Waals surface area contributed by atoms with Crippen molar-refractivity contribution in [2.45, 2.75) is 13.5 Å². The van der Waals surface area contributed by atoms with E-state index in [0.717, 1.165) is 0 Å². The molecule has 0 saturated carbocycles. The Labute approximate surface area is 66.0 Å². The lowest BCUT2D eigenvalue weighted by Crippen LogP contribution is -2.31. The fraction of sp³-hybridized carbons (Fsp3) is 0.571. The van der Waals surface area contributed by atoms with Crippen LogP contribution in [0.5, 0.6) is 0 Å². The number of rotatable bonds is 4. The molecule has 0 bridgehead atoms. The summed E-state index contributed by atoms with van der Waals surface area (Å²) in [6.07, 6.45) is 5.79. The number of nitrogens with zero attached hydrogens (tertiary/aromatic N) is 2. The van der Waals surface area contributed by atoms with Crippen LogP contribution >= 0.6 is 0 Å². The summed E-state index contributed by atoms with van der Waals surface area (Å²) in [7, 11) is 3.33. The number of hydrogen-bond acceptors (Lipinski definition) is 2. The summed E-state index contributed by atoms with van der Waals surface area (Å²) in [5, 5.41) is 0. The van der Waals surface area contributed by atoms with Gasteiger partial charge in [-0.2, -0.15) is 0 Å². The molecule has 4 heteroatoms. The fourth-order valence-corrected chi connectivity index (χ4v) is 0.890. The molecule has 0 aromatic carbocycles. The second kappa shape index (κ2) is 4.10. The van der Waals surface area contributed by atoms with Crippen LogP contribution in [-0.4, -0.2) is 18.8 Å². The van der Waals surface area contributed by atoms with E-state index >= 15 is 0 Å². The first-order chi connectivity index (χ1) is 5.36. The second-order valence-corrected chi connectivity index (χ2v) is 2.28. The maximum atomic E-state index is 4.93. The van der Waals surface area contributed by atoms with Crippen molar-refractivity contribution in [1.82, 2.24) is 4.57 Å². The van der Waals surface area contributed by atoms with Crippen LogP contribution in [0.2, 0.25) is 0 Å². The lowest BCUT2D eigenvalue weighted by molar-refractivity contribution is -0.730. The van der Waals surface area contributed by atoms with Crippen LogP contribution in [0.4, 0.5) is 0 Å². The summed E-state index contributed by atoms with van der Waals surface area (Å²) >= 11 is 0. The number of imidazole rings is 1. The van der Waals surface area contributed by atoms with Gasteiger partial charge in [0.05, 0.1) is 0 Å². The minimum Gasteiger partial charge on any atom is -0.345 e. The Bertz CT molecular complexity index is 189. The molecular formula is C7H13N2O2+. The number of ether oxygens (including phenoxy) is 2. The first-order valence-electron chi connectivity index (χ1n) is 3.39. The van der Waals surface area contributed by atoms with E-state index in [1.165, 1.54) is 0 Å². The average Bonchev–Trinajstić information content (AvgIpc) is 2.38. The normalized spacial score (nSPS) is 10.4. The van der Waals surface area contributed by atoms with Crippen molar-refractivity contribution in [1.29, 1.82) is 0 Å². The van der Waals surface area contributed by atoms with E-state index in [1.54, 1.807) is 14.2 Å². The number of aromatic nitrogens is 2. The Morgan fingerprint density at radius 3 is 2.82 bits per heavy atom. The van der Waals surface area contributed by atoms with Gasteiger partial charge in [-0.05, 0) is 0 Å². The zero-order valence-corrected chi connectivity index (χ0v) is 6.86. The van der Waals surface area contributed by atoms with Gasteiger partial charge in [0.15, 0.2) is 13.5 Å². The molecule has 0 aliphatic rings. The van der Waals surface area contributed by atoms with E-state index in [4.69, 9.17) is 9.47 Å². The topological polar surface area (TPSA) is 27.3 Å². The largest absolute Gasteiger partial charge is 0.345 e. The van der Waals surface area contributed by atoms with Gasteiger partial charge in [-0.15, -0.1) is 0 Å². The van der Waals surface area contributed by atoms with E-state index < -0.39 is 0 Å². The molecule has 1 rings (SSSR count). The first kappa shape index (κ1) is 8.23. The molecule has 0 atom stereocenters. The summed E-state index contributed by atoms with van der Waals surface area (Å²) in [6.45, 7) is 1.16. The lowest BCUT2D eigenvalue weighted by Gasteiger charge is -1.92. The van der Waals surface area contributed by atoms with E-state index in [0.29, 0.717) is 13.5 Å². The predicted molar refractivity (Wildman–Crippen MR) is 38.6 cm³/mol. The van der Waals surface area contributed by atoms with E-state index in [1.807, 2.05) is 27.9 Å². The Hall–Kier alpha value is -0.870. The Kier molecular flexibility index (Phi) is 3.07. The second-order valence-electron chi connectivity index (χ2n) is 2.28. The molecule has 0 radical (unpaired) electrons. The SMILES string of the molecule is COCn1cc[n+](COC)c1. The van der Waals surface area contributed by atoms with Crippen LogP contribution in [0.15, 0.2) is 18.7 Å². The smallest absolute Gasteiger partial charge is 0.247 e. The molecule has 11 heavy (non-hydrogen) atoms. The highest BCUT2D eigenvalue weighted by Gasteiger charge is 2.00. The third-order valence-electron chi connectivity index (χ3n) is 1.30. The molecule has 1 aromatic rings. The van der Waals surface area contributed by atoms with Gasteiger partial charge in [0.1, 0.15) is 12.4 Å². The van der Waals surface area contributed by atoms with E-state index in [9.17, 15) is 0 Å². The quantitative estimate of drug-likeness (QED) is 0.574. The minimum atomic E-state index is 0.580. The molecule has 0 N–H and O–H groups in total. The summed E-state index contributed by atoms with van der Waals surface area (Å²) in [4.78, 5) is 0. The summed E-state index contributed by atoms with van der Waals surface area (Å²) in [5.41, 5.74) is 0. The molecule has 1 aromatic heterocycles. The van der Waals surface area contributed by atoms with Crippen molar-refractivity contribution < 1.29 is 14.0 Å². The summed E-state index contributed by atoms with van der Waals surface area (Å²) in [5.74, 6) is 0. The van der Waals surface area contributed by atoms with Crippen LogP contribution in [0.1, 0.15) is 0 Å². The Balaban J connectivity index is 2.51. The maximum Gasteiger partial charge on any atom is 0.247 e. The lowest BCUT2D eigenvalue weighted by atomic mass is 10.9. The highest BCUT2D eigenvalue weighted by molar-refractivity contribution is 4.63. The third-order valence-corrected chi connectivity index (χ3v) is 1.30. The molecule has 4 nitrogen and oxygen atoms in total. The van der Waals surface area contributed by atoms with Crippen molar-refractivity contribution in [2.75, 3.05) is 14.2 Å². The van der Waals surface area contributed by atoms with Crippen LogP contribution in [-0.2, 0) is 22.9 Å². The maximum absolute atomic E-state index is 4.93. The molecule has 0 fully saturated rings. The molecule has 0 unspecified atom stereocenters. The molecular weight excluding hydrogens is 144 g/mol. The minimum absolute atomic E-state index is 0.580. The zero-order valence-electron chi connectivity index (χ0n) is 6.86. The molecule has 0 aliphatic heterocycles. The van der Waals surface area contributed by atoms with Crippen molar-refractivity contribution >= 4 is 0 Å². The van der Waals surface area contributed by atoms with Gasteiger partial charge in [-0.1, -0.05) is 0 Å². The molecule has 62 valence electrons. The number of hydrogen-bond donors (Lipinski definition) is 0. The standard InChI is InChI=1S/C7H13N2O2/c1-10-6-8-3-4-9(5-8)7-11-2/h3-5H,6-7H2,1-2H3/q+1. The third kappa shape index (κ3) is 2.32. The fourth-order valence-electron chi connectivity index (χ4n) is 0.890. The van der Waals surface area contributed by atoms with Crippen LogP contribution in [0, 0.1) is 0 Å². The Morgan fingerprint density at radius 1 is 1.36 bits per heavy atom. The predicted octanol–water partition coefficient (Wildman–Crippen LogP) is -0.0166. The van der Waals surface area contributed by atoms with Crippen LogP contribution < -0.4 is 4.57 Å². The number of methoxy groups -OCH3 is 2. The average molecular weight is 157 g/mol. The first-order valence-corrected chi connectivity index (χ1v) is 3.39. The van der Waals surface area contributed by atoms with Gasteiger partial charge >= 0.3 is 0 Å². The van der Waals surface area contributed by atoms with E-state index in [2.05, 4.69) is 0 Å². The molecule has 0 saturated heterocycles. The van der Waals surface area contributed by atoms with E-state index in [-0.39, 0.29) is 0 Å². The van der Waals surface area contributed by atoms with Crippen molar-refractivity contribution in [3.05, 3.63) is 18.7 Å². The van der Waals surface area contributed by atoms with Gasteiger partial charge < -0.3 is 9.47 Å². The monoisotopic (exact) mass is 157 g/mol. The summed E-state index contributed by atoms with van der Waals surface area (Å²) < 4.78 is 13.7. The van der Waals surface area contributed by atoms with Crippen LogP contribution in [0.25, 0.3) is 0 Å². The molecule has 0 aliphatic carbocycles. The highest BCUT2D eigenvalue weighted by Crippen LogP contribution is 1.83. The van der Waals surface area contributed by atoms with Crippen molar-refractivity contribution in [2.24, 2.45) is 0 Å². The molecule has 0 amide bonds. The van der Waals surface area contributed by atoms with Gasteiger partial charge in [0.2, 0.25) is 6.33 Å². The zero-order chi connectivity index (χ0) is 8.10. The van der Waals surface area contributed by atoms with Gasteiger partial charge in [0, 0.05) is 14.2 Å². The molecule has 0 spiro atoms. The van der Waals surface area contributed by atoms with Crippen molar-refractivity contribution in [3.8, 4) is 0 Å². The van der Waals surface area contributed by atoms with Gasteiger partial charge in [-0.25, -0.2) is 9.13 Å². The Morgan fingerprint density at radius 2 is 2.18 bits per heavy atom. The van der Waals surface area contributed by atoms with Crippen molar-refractivity contribution in [3.63, 3.8) is 0 Å². The van der Waals surface area contributed by atoms with Gasteiger partial charge in [-0.3, -0.25) is 0 Å². The molecule has 1 heterocycles. The highest BCUT2D eigenvalue weighted by atomic mass is 16.5.